The summed E-state index contributed by atoms with van der Waals surface area (Å²) < 4.78 is 1.73. The zero-order valence-corrected chi connectivity index (χ0v) is 14.5. The number of imidazole rings is 1. The van der Waals surface area contributed by atoms with Crippen LogP contribution in [0.4, 0.5) is 5.69 Å². The number of pyridine rings is 1. The molecular weight excluding hydrogens is 314 g/mol. The van der Waals surface area contributed by atoms with Crippen LogP contribution in [0.5, 0.6) is 0 Å². The molecular formula is C19H23N5O. The van der Waals surface area contributed by atoms with E-state index in [1.807, 2.05) is 12.1 Å². The van der Waals surface area contributed by atoms with Gasteiger partial charge in [0, 0.05) is 44.6 Å². The number of fused-ring (bicyclic) bond motifs is 1. The Morgan fingerprint density at radius 2 is 1.88 bits per heavy atom. The van der Waals surface area contributed by atoms with E-state index in [0.29, 0.717) is 6.54 Å². The van der Waals surface area contributed by atoms with E-state index in [1.54, 1.807) is 10.8 Å². The number of piperazine rings is 1. The highest BCUT2D eigenvalue weighted by molar-refractivity contribution is 5.70. The first-order chi connectivity index (χ1) is 12.2. The van der Waals surface area contributed by atoms with Crippen LogP contribution in [0.15, 0.2) is 47.4 Å². The second kappa shape index (κ2) is 6.72. The van der Waals surface area contributed by atoms with Crippen LogP contribution in [0.1, 0.15) is 5.56 Å². The number of nitrogens with one attached hydrogen (secondary N) is 1. The molecule has 25 heavy (non-hydrogen) atoms. The summed E-state index contributed by atoms with van der Waals surface area (Å²) in [5.41, 5.74) is 4.00. The Labute approximate surface area is 146 Å². The molecule has 2 aromatic heterocycles. The number of aromatic amines is 1. The fourth-order valence-corrected chi connectivity index (χ4v) is 3.51. The molecule has 3 heterocycles. The Morgan fingerprint density at radius 1 is 1.08 bits per heavy atom. The second-order valence-corrected chi connectivity index (χ2v) is 6.63. The predicted molar refractivity (Wildman–Crippen MR) is 100 cm³/mol. The Kier molecular flexibility index (Phi) is 4.28. The third kappa shape index (κ3) is 3.17. The van der Waals surface area contributed by atoms with Gasteiger partial charge in [-0.25, -0.2) is 9.78 Å². The Bertz CT molecular complexity index is 921. The van der Waals surface area contributed by atoms with E-state index >= 15 is 0 Å². The Morgan fingerprint density at radius 3 is 2.72 bits per heavy atom. The van der Waals surface area contributed by atoms with Gasteiger partial charge in [0.05, 0.1) is 5.52 Å². The van der Waals surface area contributed by atoms with Crippen LogP contribution in [0, 0.1) is 0 Å². The molecule has 4 rings (SSSR count). The molecule has 6 nitrogen and oxygen atoms in total. The number of anilines is 1. The molecule has 0 saturated carbocycles. The number of hydrogen-bond acceptors (Lipinski definition) is 4. The minimum absolute atomic E-state index is 0.0919. The van der Waals surface area contributed by atoms with Crippen molar-refractivity contribution in [2.75, 3.05) is 38.1 Å². The maximum absolute atomic E-state index is 12.2. The van der Waals surface area contributed by atoms with Gasteiger partial charge in [-0.1, -0.05) is 18.2 Å². The number of aryl methyl sites for hydroxylation is 2. The van der Waals surface area contributed by atoms with Gasteiger partial charge < -0.3 is 14.8 Å². The molecule has 1 fully saturated rings. The van der Waals surface area contributed by atoms with Gasteiger partial charge in [-0.2, -0.15) is 0 Å². The number of hydrogen-bond donors (Lipinski definition) is 1. The predicted octanol–water partition coefficient (Wildman–Crippen LogP) is 1.72. The van der Waals surface area contributed by atoms with Gasteiger partial charge in [0.25, 0.3) is 0 Å². The molecule has 0 amide bonds. The average molecular weight is 337 g/mol. The number of aromatic nitrogens is 3. The monoisotopic (exact) mass is 337 g/mol. The van der Waals surface area contributed by atoms with Crippen molar-refractivity contribution in [3.05, 3.63) is 58.6 Å². The number of para-hydroxylation sites is 1. The van der Waals surface area contributed by atoms with Crippen molar-refractivity contribution in [3.8, 4) is 0 Å². The van der Waals surface area contributed by atoms with E-state index in [0.717, 1.165) is 43.8 Å². The van der Waals surface area contributed by atoms with Crippen LogP contribution in [-0.4, -0.2) is 52.7 Å². The van der Waals surface area contributed by atoms with Crippen LogP contribution in [0.25, 0.3) is 11.2 Å². The fourth-order valence-electron chi connectivity index (χ4n) is 3.51. The van der Waals surface area contributed by atoms with Gasteiger partial charge in [0.1, 0.15) is 0 Å². The van der Waals surface area contributed by atoms with Gasteiger partial charge in [-0.3, -0.25) is 4.57 Å². The van der Waals surface area contributed by atoms with Gasteiger partial charge in [-0.05, 0) is 37.2 Å². The highest BCUT2D eigenvalue weighted by Gasteiger charge is 2.17. The van der Waals surface area contributed by atoms with Gasteiger partial charge in [0.15, 0.2) is 5.65 Å². The molecule has 6 heteroatoms. The summed E-state index contributed by atoms with van der Waals surface area (Å²) in [6, 6.07) is 12.3. The van der Waals surface area contributed by atoms with Crippen LogP contribution in [0.2, 0.25) is 0 Å². The lowest BCUT2D eigenvalue weighted by atomic mass is 10.1. The summed E-state index contributed by atoms with van der Waals surface area (Å²) >= 11 is 0. The van der Waals surface area contributed by atoms with Crippen molar-refractivity contribution in [3.63, 3.8) is 0 Å². The summed E-state index contributed by atoms with van der Waals surface area (Å²) in [4.78, 5) is 24.3. The van der Waals surface area contributed by atoms with Crippen molar-refractivity contribution < 1.29 is 0 Å². The minimum atomic E-state index is -0.0919. The fraction of sp³-hybridized carbons (Fsp3) is 0.368. The molecule has 0 unspecified atom stereocenters. The standard InChI is InChI=1S/C19H23N5O/c1-22-11-13-23(14-12-22)17-7-3-2-5-15(17)8-10-24-18-16(21-19(24)25)6-4-9-20-18/h2-7,9H,8,10-14H2,1H3,(H,21,25). The lowest BCUT2D eigenvalue weighted by Crippen LogP contribution is -2.44. The number of H-pyrrole nitrogens is 1. The van der Waals surface area contributed by atoms with Gasteiger partial charge in [0.2, 0.25) is 0 Å². The molecule has 0 spiro atoms. The summed E-state index contributed by atoms with van der Waals surface area (Å²) in [5.74, 6) is 0. The molecule has 0 aliphatic carbocycles. The molecule has 1 N–H and O–H groups in total. The SMILES string of the molecule is CN1CCN(c2ccccc2CCn2c(=O)[nH]c3cccnc32)CC1. The third-order valence-corrected chi connectivity index (χ3v) is 4.97. The van der Waals surface area contributed by atoms with E-state index in [4.69, 9.17) is 0 Å². The first-order valence-corrected chi connectivity index (χ1v) is 8.77. The molecule has 1 aliphatic rings. The molecule has 0 radical (unpaired) electrons. The molecule has 130 valence electrons. The summed E-state index contributed by atoms with van der Waals surface area (Å²) in [7, 11) is 2.17. The van der Waals surface area contributed by atoms with Crippen molar-refractivity contribution in [2.24, 2.45) is 0 Å². The van der Waals surface area contributed by atoms with Crippen LogP contribution in [-0.2, 0) is 13.0 Å². The molecule has 1 aromatic carbocycles. The first kappa shape index (κ1) is 15.9. The lowest BCUT2D eigenvalue weighted by molar-refractivity contribution is 0.312. The van der Waals surface area contributed by atoms with Crippen LogP contribution >= 0.6 is 0 Å². The van der Waals surface area contributed by atoms with E-state index < -0.39 is 0 Å². The summed E-state index contributed by atoms with van der Waals surface area (Å²) in [5, 5.41) is 0. The third-order valence-electron chi connectivity index (χ3n) is 4.97. The zero-order chi connectivity index (χ0) is 17.2. The highest BCUT2D eigenvalue weighted by Crippen LogP contribution is 2.22. The number of benzene rings is 1. The van der Waals surface area contributed by atoms with Crippen LogP contribution in [0.3, 0.4) is 0 Å². The topological polar surface area (TPSA) is 57.2 Å². The van der Waals surface area contributed by atoms with Gasteiger partial charge >= 0.3 is 5.69 Å². The Balaban J connectivity index is 1.57. The van der Waals surface area contributed by atoms with E-state index in [-0.39, 0.29) is 5.69 Å². The number of likely N-dealkylation sites (N-methyl/N-ethyl adjacent to an activating group) is 1. The number of rotatable bonds is 4. The zero-order valence-electron chi connectivity index (χ0n) is 14.5. The van der Waals surface area contributed by atoms with E-state index in [9.17, 15) is 4.79 Å². The second-order valence-electron chi connectivity index (χ2n) is 6.63. The molecule has 0 atom stereocenters. The molecule has 3 aromatic rings. The van der Waals surface area contributed by atoms with Crippen LogP contribution < -0.4 is 10.6 Å². The van der Waals surface area contributed by atoms with E-state index in [2.05, 4.69) is 51.1 Å². The quantitative estimate of drug-likeness (QED) is 0.788. The highest BCUT2D eigenvalue weighted by atomic mass is 16.1. The maximum Gasteiger partial charge on any atom is 0.327 e. The van der Waals surface area contributed by atoms with Crippen molar-refractivity contribution in [1.29, 1.82) is 0 Å². The normalized spacial score (nSPS) is 15.8. The Hall–Kier alpha value is -2.60. The maximum atomic E-state index is 12.2. The smallest absolute Gasteiger partial charge is 0.327 e. The van der Waals surface area contributed by atoms with E-state index in [1.165, 1.54) is 11.3 Å². The number of nitrogens with zero attached hydrogens (tertiary/aromatic N) is 4. The first-order valence-electron chi connectivity index (χ1n) is 8.77. The van der Waals surface area contributed by atoms with Gasteiger partial charge in [-0.15, -0.1) is 0 Å². The summed E-state index contributed by atoms with van der Waals surface area (Å²) in [6.07, 6.45) is 2.54. The lowest BCUT2D eigenvalue weighted by Gasteiger charge is -2.35. The molecule has 1 saturated heterocycles. The van der Waals surface area contributed by atoms with Crippen molar-refractivity contribution in [1.82, 2.24) is 19.4 Å². The molecule has 1 aliphatic heterocycles. The minimum Gasteiger partial charge on any atom is -0.369 e. The largest absolute Gasteiger partial charge is 0.369 e. The summed E-state index contributed by atoms with van der Waals surface area (Å²) in [6.45, 7) is 4.88. The molecule has 0 bridgehead atoms. The van der Waals surface area contributed by atoms with Crippen molar-refractivity contribution in [2.45, 2.75) is 13.0 Å². The average Bonchev–Trinajstić information content (AvgIpc) is 2.96. The van der Waals surface area contributed by atoms with Crippen molar-refractivity contribution >= 4 is 16.9 Å².